The third-order valence-electron chi connectivity index (χ3n) is 4.00. The maximum atomic E-state index is 5.96. The van der Waals surface area contributed by atoms with Crippen LogP contribution in [0.5, 0.6) is 5.75 Å². The van der Waals surface area contributed by atoms with E-state index in [1.165, 1.54) is 5.56 Å². The highest BCUT2D eigenvalue weighted by atomic mass is 16.5. The van der Waals surface area contributed by atoms with Gasteiger partial charge in [-0.15, -0.1) is 0 Å². The zero-order valence-corrected chi connectivity index (χ0v) is 12.9. The zero-order valence-electron chi connectivity index (χ0n) is 12.9. The summed E-state index contributed by atoms with van der Waals surface area (Å²) in [6, 6.07) is 9.37. The highest BCUT2D eigenvalue weighted by Crippen LogP contribution is 2.34. The Morgan fingerprint density at radius 3 is 2.80 bits per heavy atom. The molecule has 1 aromatic rings. The van der Waals surface area contributed by atoms with Crippen molar-refractivity contribution in [2.45, 2.75) is 32.0 Å². The SMILES string of the molecule is CNC1c2ccccc2OCC1N(CCOC)C(C)C. The number of fused-ring (bicyclic) bond motifs is 1. The maximum absolute atomic E-state index is 5.96. The van der Waals surface area contributed by atoms with Gasteiger partial charge in [0.2, 0.25) is 0 Å². The molecule has 1 aliphatic rings. The van der Waals surface area contributed by atoms with Crippen molar-refractivity contribution in [3.63, 3.8) is 0 Å². The van der Waals surface area contributed by atoms with Crippen molar-refractivity contribution in [3.05, 3.63) is 29.8 Å². The molecule has 20 heavy (non-hydrogen) atoms. The van der Waals surface area contributed by atoms with Crippen LogP contribution < -0.4 is 10.1 Å². The molecule has 4 heteroatoms. The molecule has 1 aromatic carbocycles. The molecule has 2 unspecified atom stereocenters. The van der Waals surface area contributed by atoms with Crippen LogP contribution in [0.3, 0.4) is 0 Å². The van der Waals surface area contributed by atoms with E-state index in [1.54, 1.807) is 7.11 Å². The Bertz CT molecular complexity index is 423. The predicted molar refractivity (Wildman–Crippen MR) is 81.2 cm³/mol. The van der Waals surface area contributed by atoms with Crippen molar-refractivity contribution in [1.82, 2.24) is 10.2 Å². The average Bonchev–Trinajstić information content (AvgIpc) is 2.46. The molecular weight excluding hydrogens is 252 g/mol. The Hall–Kier alpha value is -1.10. The van der Waals surface area contributed by atoms with Crippen LogP contribution in [0.2, 0.25) is 0 Å². The van der Waals surface area contributed by atoms with Gasteiger partial charge in [0.15, 0.2) is 0 Å². The Morgan fingerprint density at radius 1 is 1.40 bits per heavy atom. The van der Waals surface area contributed by atoms with Crippen LogP contribution in [0.1, 0.15) is 25.5 Å². The van der Waals surface area contributed by atoms with Crippen molar-refractivity contribution in [3.8, 4) is 5.75 Å². The van der Waals surface area contributed by atoms with Crippen LogP contribution in [0.25, 0.3) is 0 Å². The molecule has 4 nitrogen and oxygen atoms in total. The molecule has 0 saturated carbocycles. The molecule has 0 saturated heterocycles. The van der Waals surface area contributed by atoms with Gasteiger partial charge >= 0.3 is 0 Å². The smallest absolute Gasteiger partial charge is 0.124 e. The number of ether oxygens (including phenoxy) is 2. The number of hydrogen-bond acceptors (Lipinski definition) is 4. The first-order valence-corrected chi connectivity index (χ1v) is 7.32. The standard InChI is InChI=1S/C16H26N2O2/c1-12(2)18(9-10-19-4)14-11-20-15-8-6-5-7-13(15)16(14)17-3/h5-8,12,14,16-17H,9-11H2,1-4H3. The molecule has 0 fully saturated rings. The second-order valence-electron chi connectivity index (χ2n) is 5.51. The van der Waals surface area contributed by atoms with Crippen LogP contribution in [0.4, 0.5) is 0 Å². The minimum absolute atomic E-state index is 0.291. The van der Waals surface area contributed by atoms with Gasteiger partial charge in [0.1, 0.15) is 12.4 Å². The van der Waals surface area contributed by atoms with Gasteiger partial charge in [-0.2, -0.15) is 0 Å². The molecule has 0 spiro atoms. The molecule has 0 amide bonds. The summed E-state index contributed by atoms with van der Waals surface area (Å²) in [6.45, 7) is 6.82. The molecule has 112 valence electrons. The summed E-state index contributed by atoms with van der Waals surface area (Å²) in [7, 11) is 3.77. The molecule has 0 aromatic heterocycles. The van der Waals surface area contributed by atoms with Gasteiger partial charge in [-0.25, -0.2) is 0 Å². The monoisotopic (exact) mass is 278 g/mol. The van der Waals surface area contributed by atoms with E-state index in [4.69, 9.17) is 9.47 Å². The number of nitrogens with one attached hydrogen (secondary N) is 1. The molecule has 2 atom stereocenters. The fourth-order valence-corrected chi connectivity index (χ4v) is 2.99. The summed E-state index contributed by atoms with van der Waals surface area (Å²) in [5.74, 6) is 0.999. The van der Waals surface area contributed by atoms with Crippen LogP contribution in [-0.2, 0) is 4.74 Å². The summed E-state index contributed by atoms with van der Waals surface area (Å²) in [6.07, 6.45) is 0. The molecular formula is C16H26N2O2. The molecule has 1 aliphatic heterocycles. The quantitative estimate of drug-likeness (QED) is 0.863. The molecule has 0 aliphatic carbocycles. The number of methoxy groups -OCH3 is 1. The Kier molecular flexibility index (Phi) is 5.40. The van der Waals surface area contributed by atoms with E-state index < -0.39 is 0 Å². The number of nitrogens with zero attached hydrogens (tertiary/aromatic N) is 1. The topological polar surface area (TPSA) is 33.7 Å². The van der Waals surface area contributed by atoms with Gasteiger partial charge < -0.3 is 14.8 Å². The van der Waals surface area contributed by atoms with Crippen molar-refractivity contribution in [1.29, 1.82) is 0 Å². The predicted octanol–water partition coefficient (Wildman–Crippen LogP) is 2.06. The third-order valence-corrected chi connectivity index (χ3v) is 4.00. The highest BCUT2D eigenvalue weighted by molar-refractivity contribution is 5.38. The summed E-state index contributed by atoms with van der Waals surface area (Å²) in [5.41, 5.74) is 1.24. The molecule has 0 radical (unpaired) electrons. The summed E-state index contributed by atoms with van der Waals surface area (Å²) in [4.78, 5) is 2.46. The van der Waals surface area contributed by atoms with Crippen LogP contribution in [0, 0.1) is 0 Å². The van der Waals surface area contributed by atoms with E-state index >= 15 is 0 Å². The van der Waals surface area contributed by atoms with Gasteiger partial charge in [-0.3, -0.25) is 4.90 Å². The van der Waals surface area contributed by atoms with Crippen molar-refractivity contribution in [2.24, 2.45) is 0 Å². The fraction of sp³-hybridized carbons (Fsp3) is 0.625. The molecule has 1 heterocycles. The summed E-state index contributed by atoms with van der Waals surface area (Å²) in [5, 5.41) is 3.46. The van der Waals surface area contributed by atoms with Gasteiger partial charge in [0, 0.05) is 25.3 Å². The number of para-hydroxylation sites is 1. The lowest BCUT2D eigenvalue weighted by molar-refractivity contribution is 0.0421. The lowest BCUT2D eigenvalue weighted by Gasteiger charge is -2.42. The molecule has 1 N–H and O–H groups in total. The van der Waals surface area contributed by atoms with Crippen molar-refractivity contribution >= 4 is 0 Å². The largest absolute Gasteiger partial charge is 0.492 e. The Labute approximate surface area is 122 Å². The normalized spacial score (nSPS) is 21.9. The van der Waals surface area contributed by atoms with Gasteiger partial charge in [0.25, 0.3) is 0 Å². The lowest BCUT2D eigenvalue weighted by Crippen LogP contribution is -2.53. The van der Waals surface area contributed by atoms with Crippen molar-refractivity contribution in [2.75, 3.05) is 33.9 Å². The van der Waals surface area contributed by atoms with Gasteiger partial charge in [-0.1, -0.05) is 18.2 Å². The van der Waals surface area contributed by atoms with E-state index in [0.717, 1.165) is 18.9 Å². The maximum Gasteiger partial charge on any atom is 0.124 e. The van der Waals surface area contributed by atoms with E-state index in [0.29, 0.717) is 24.7 Å². The van der Waals surface area contributed by atoms with Gasteiger partial charge in [0.05, 0.1) is 18.7 Å². The second kappa shape index (κ2) is 7.07. The van der Waals surface area contributed by atoms with Crippen molar-refractivity contribution < 1.29 is 9.47 Å². The minimum Gasteiger partial charge on any atom is -0.492 e. The second-order valence-corrected chi connectivity index (χ2v) is 5.51. The minimum atomic E-state index is 0.291. The fourth-order valence-electron chi connectivity index (χ4n) is 2.99. The third kappa shape index (κ3) is 3.14. The lowest BCUT2D eigenvalue weighted by atomic mass is 9.94. The highest BCUT2D eigenvalue weighted by Gasteiger charge is 2.34. The summed E-state index contributed by atoms with van der Waals surface area (Å²) >= 11 is 0. The van der Waals surface area contributed by atoms with E-state index in [-0.39, 0.29) is 0 Å². The Morgan fingerprint density at radius 2 is 2.15 bits per heavy atom. The van der Waals surface area contributed by atoms with Gasteiger partial charge in [-0.05, 0) is 27.0 Å². The first-order chi connectivity index (χ1) is 9.69. The first kappa shape index (κ1) is 15.3. The first-order valence-electron chi connectivity index (χ1n) is 7.32. The molecule has 0 bridgehead atoms. The Balaban J connectivity index is 2.23. The van der Waals surface area contributed by atoms with Crippen LogP contribution >= 0.6 is 0 Å². The number of hydrogen-bond donors (Lipinski definition) is 1. The van der Waals surface area contributed by atoms with Crippen LogP contribution in [0.15, 0.2) is 24.3 Å². The molecule has 2 rings (SSSR count). The number of likely N-dealkylation sites (N-methyl/N-ethyl adjacent to an activating group) is 1. The number of benzene rings is 1. The average molecular weight is 278 g/mol. The van der Waals surface area contributed by atoms with E-state index in [1.807, 2.05) is 19.2 Å². The summed E-state index contributed by atoms with van der Waals surface area (Å²) < 4.78 is 11.2. The number of rotatable bonds is 6. The van der Waals surface area contributed by atoms with E-state index in [9.17, 15) is 0 Å². The van der Waals surface area contributed by atoms with E-state index in [2.05, 4.69) is 36.2 Å². The van der Waals surface area contributed by atoms with Crippen LogP contribution in [-0.4, -0.2) is 50.9 Å². The zero-order chi connectivity index (χ0) is 14.5.